The molecule has 4 N–H and O–H groups in total. The molecule has 1 saturated heterocycles. The van der Waals surface area contributed by atoms with Crippen molar-refractivity contribution in [2.45, 2.75) is 32.0 Å². The van der Waals surface area contributed by atoms with Gasteiger partial charge < -0.3 is 9.84 Å². The highest BCUT2D eigenvalue weighted by atomic mass is 35.5. The number of ether oxygens (including phenoxy) is 1. The van der Waals surface area contributed by atoms with Crippen LogP contribution in [0.4, 0.5) is 0 Å². The van der Waals surface area contributed by atoms with Gasteiger partial charge in [-0.25, -0.2) is 16.3 Å². The van der Waals surface area contributed by atoms with E-state index >= 15 is 0 Å². The smallest absolute Gasteiger partial charge is 0.258 e. The third-order valence-electron chi connectivity index (χ3n) is 5.42. The van der Waals surface area contributed by atoms with Crippen LogP contribution in [-0.2, 0) is 11.4 Å². The number of hydrogen-bond donors (Lipinski definition) is 4. The average molecular weight is 465 g/mol. The number of phenols is 1. The van der Waals surface area contributed by atoms with Crippen molar-refractivity contribution in [3.8, 4) is 11.5 Å². The number of nitrogens with one attached hydrogen (secondary N) is 3. The zero-order valence-corrected chi connectivity index (χ0v) is 18.8. The van der Waals surface area contributed by atoms with Gasteiger partial charge in [-0.05, 0) is 60.9 Å². The van der Waals surface area contributed by atoms with Crippen LogP contribution in [0.3, 0.4) is 0 Å². The zero-order valence-electron chi connectivity index (χ0n) is 18.1. The molecule has 3 aromatic carbocycles. The lowest BCUT2D eigenvalue weighted by atomic mass is 10.0. The van der Waals surface area contributed by atoms with E-state index in [2.05, 4.69) is 21.4 Å². The first-order valence-corrected chi connectivity index (χ1v) is 11.0. The summed E-state index contributed by atoms with van der Waals surface area (Å²) in [7, 11) is 0. The molecular weight excluding hydrogens is 440 g/mol. The lowest BCUT2D eigenvalue weighted by Gasteiger charge is -2.11. The Labute approximate surface area is 197 Å². The molecule has 170 valence electrons. The van der Waals surface area contributed by atoms with Gasteiger partial charge in [-0.3, -0.25) is 4.79 Å². The number of carbonyl (C=O) groups excluding carboxylic acids is 1. The third kappa shape index (κ3) is 6.10. The van der Waals surface area contributed by atoms with Crippen molar-refractivity contribution in [3.05, 3.63) is 94.5 Å². The second-order valence-electron chi connectivity index (χ2n) is 7.84. The summed E-state index contributed by atoms with van der Waals surface area (Å²) < 4.78 is 5.83. The summed E-state index contributed by atoms with van der Waals surface area (Å²) in [5, 5.41) is 14.4. The maximum atomic E-state index is 12.5. The Morgan fingerprint density at radius 2 is 1.88 bits per heavy atom. The molecule has 0 bridgehead atoms. The van der Waals surface area contributed by atoms with Crippen molar-refractivity contribution in [1.82, 2.24) is 16.3 Å². The molecule has 1 fully saturated rings. The number of hydrazine groups is 1. The van der Waals surface area contributed by atoms with Crippen LogP contribution < -0.4 is 21.0 Å². The molecule has 0 spiro atoms. The molecule has 0 aliphatic carbocycles. The van der Waals surface area contributed by atoms with E-state index in [0.717, 1.165) is 22.4 Å². The molecule has 7 nitrogen and oxygen atoms in total. The number of amides is 1. The van der Waals surface area contributed by atoms with Crippen LogP contribution in [0, 0.1) is 0 Å². The van der Waals surface area contributed by atoms with Gasteiger partial charge in [0.25, 0.3) is 5.91 Å². The second-order valence-corrected chi connectivity index (χ2v) is 8.27. The highest BCUT2D eigenvalue weighted by Gasteiger charge is 2.30. The Morgan fingerprint density at radius 3 is 2.61 bits per heavy atom. The number of rotatable bonds is 7. The minimum absolute atomic E-state index is 0.0118. The van der Waals surface area contributed by atoms with E-state index in [0.29, 0.717) is 23.8 Å². The van der Waals surface area contributed by atoms with Gasteiger partial charge in [0.05, 0.1) is 5.71 Å². The Kier molecular flexibility index (Phi) is 7.24. The van der Waals surface area contributed by atoms with E-state index < -0.39 is 6.04 Å². The largest absolute Gasteiger partial charge is 0.508 e. The van der Waals surface area contributed by atoms with E-state index in [4.69, 9.17) is 16.3 Å². The molecule has 0 radical (unpaired) electrons. The summed E-state index contributed by atoms with van der Waals surface area (Å²) in [4.78, 5) is 12.5. The first-order chi connectivity index (χ1) is 16.0. The molecule has 1 heterocycles. The molecular formula is C25H25ClN4O3. The maximum Gasteiger partial charge on any atom is 0.258 e. The Morgan fingerprint density at radius 1 is 1.12 bits per heavy atom. The molecule has 1 amide bonds. The standard InChI is InChI=1S/C25H25ClN4O3/c1-16(19-3-2-4-21(31)13-19)27-30-25(32)24-14-23(28-29-24)18-7-11-22(12-8-18)33-15-17-5-9-20(26)10-6-17/h2-13,23-24,28-29,31H,14-15H2,1H3,(H,30,32)/b27-16+. The summed E-state index contributed by atoms with van der Waals surface area (Å²) in [6.07, 6.45) is 0.581. The van der Waals surface area contributed by atoms with E-state index in [1.54, 1.807) is 25.1 Å². The first-order valence-electron chi connectivity index (χ1n) is 10.6. The lowest BCUT2D eigenvalue weighted by Crippen LogP contribution is -2.41. The fourth-order valence-electron chi connectivity index (χ4n) is 3.50. The van der Waals surface area contributed by atoms with Gasteiger partial charge in [0.15, 0.2) is 0 Å². The number of hydrogen-bond acceptors (Lipinski definition) is 6. The summed E-state index contributed by atoms with van der Waals surface area (Å²) in [6.45, 7) is 2.24. The summed E-state index contributed by atoms with van der Waals surface area (Å²) >= 11 is 5.91. The van der Waals surface area contributed by atoms with Crippen LogP contribution in [-0.4, -0.2) is 22.8 Å². The van der Waals surface area contributed by atoms with Crippen molar-refractivity contribution in [3.63, 3.8) is 0 Å². The summed E-state index contributed by atoms with van der Waals surface area (Å²) in [6, 6.07) is 21.7. The SMILES string of the molecule is C/C(=N\NC(=O)C1CC(c2ccc(OCc3ccc(Cl)cc3)cc2)NN1)c1cccc(O)c1. The van der Waals surface area contributed by atoms with Crippen molar-refractivity contribution < 1.29 is 14.6 Å². The number of hydrazone groups is 1. The van der Waals surface area contributed by atoms with Crippen molar-refractivity contribution >= 4 is 23.2 Å². The van der Waals surface area contributed by atoms with Crippen LogP contribution in [0.2, 0.25) is 5.02 Å². The van der Waals surface area contributed by atoms with Gasteiger partial charge in [0.1, 0.15) is 24.1 Å². The number of carbonyl (C=O) groups is 1. The van der Waals surface area contributed by atoms with Crippen molar-refractivity contribution in [1.29, 1.82) is 0 Å². The number of halogens is 1. The molecule has 0 aromatic heterocycles. The fraction of sp³-hybridized carbons (Fsp3) is 0.200. The van der Waals surface area contributed by atoms with E-state index in [9.17, 15) is 9.90 Å². The molecule has 1 aliphatic heterocycles. The van der Waals surface area contributed by atoms with Crippen molar-refractivity contribution in [2.75, 3.05) is 0 Å². The van der Waals surface area contributed by atoms with E-state index in [1.807, 2.05) is 54.6 Å². The molecule has 0 saturated carbocycles. The van der Waals surface area contributed by atoms with Gasteiger partial charge in [-0.15, -0.1) is 0 Å². The Balaban J connectivity index is 1.28. The Bertz CT molecular complexity index is 1130. The summed E-state index contributed by atoms with van der Waals surface area (Å²) in [5.41, 5.74) is 12.2. The normalized spacial score (nSPS) is 18.2. The van der Waals surface area contributed by atoms with Crippen LogP contribution in [0.5, 0.6) is 11.5 Å². The van der Waals surface area contributed by atoms with Crippen LogP contribution in [0.1, 0.15) is 36.1 Å². The molecule has 33 heavy (non-hydrogen) atoms. The molecule has 8 heteroatoms. The highest BCUT2D eigenvalue weighted by Crippen LogP contribution is 2.25. The number of benzene rings is 3. The third-order valence-corrected chi connectivity index (χ3v) is 5.67. The first kappa shape index (κ1) is 22.8. The van der Waals surface area contributed by atoms with Crippen molar-refractivity contribution in [2.24, 2.45) is 5.10 Å². The zero-order chi connectivity index (χ0) is 23.2. The average Bonchev–Trinajstić information content (AvgIpc) is 3.33. The number of nitrogens with zero attached hydrogens (tertiary/aromatic N) is 1. The van der Waals surface area contributed by atoms with Gasteiger partial charge in [0, 0.05) is 16.6 Å². The quantitative estimate of drug-likeness (QED) is 0.312. The fourth-order valence-corrected chi connectivity index (χ4v) is 3.63. The predicted octanol–water partition coefficient (Wildman–Crippen LogP) is 4.07. The van der Waals surface area contributed by atoms with E-state index in [-0.39, 0.29) is 17.7 Å². The lowest BCUT2D eigenvalue weighted by molar-refractivity contribution is -0.122. The second kappa shape index (κ2) is 10.5. The van der Waals surface area contributed by atoms with Crippen LogP contribution in [0.15, 0.2) is 77.9 Å². The minimum atomic E-state index is -0.420. The Hall–Kier alpha value is -3.39. The predicted molar refractivity (Wildman–Crippen MR) is 128 cm³/mol. The monoisotopic (exact) mass is 464 g/mol. The van der Waals surface area contributed by atoms with Crippen LogP contribution in [0.25, 0.3) is 0 Å². The molecule has 2 unspecified atom stereocenters. The van der Waals surface area contributed by atoms with E-state index in [1.165, 1.54) is 0 Å². The number of phenolic OH excluding ortho intramolecular Hbond substituents is 1. The summed E-state index contributed by atoms with van der Waals surface area (Å²) in [5.74, 6) is 0.692. The van der Waals surface area contributed by atoms with Gasteiger partial charge in [-0.2, -0.15) is 5.10 Å². The highest BCUT2D eigenvalue weighted by molar-refractivity contribution is 6.30. The molecule has 4 rings (SSSR count). The molecule has 2 atom stereocenters. The molecule has 3 aromatic rings. The maximum absolute atomic E-state index is 12.5. The van der Waals surface area contributed by atoms with Gasteiger partial charge in [0.2, 0.25) is 0 Å². The molecule has 1 aliphatic rings. The van der Waals surface area contributed by atoms with Gasteiger partial charge >= 0.3 is 0 Å². The topological polar surface area (TPSA) is 95.0 Å². The van der Waals surface area contributed by atoms with Crippen LogP contribution >= 0.6 is 11.6 Å². The van der Waals surface area contributed by atoms with Gasteiger partial charge in [-0.1, -0.05) is 48.0 Å². The minimum Gasteiger partial charge on any atom is -0.508 e. The number of aromatic hydroxyl groups is 1.